The van der Waals surface area contributed by atoms with Crippen LogP contribution in [0.4, 0.5) is 0 Å². The number of aromatic nitrogens is 2. The number of carbonyl (C=O) groups is 1. The van der Waals surface area contributed by atoms with E-state index in [4.69, 9.17) is 0 Å². The van der Waals surface area contributed by atoms with E-state index in [1.54, 1.807) is 0 Å². The van der Waals surface area contributed by atoms with Crippen molar-refractivity contribution in [3.63, 3.8) is 0 Å². The molecule has 0 saturated carbocycles. The molecule has 4 rings (SSSR count). The first-order valence-electron chi connectivity index (χ1n) is 6.52. The molecule has 2 aromatic carbocycles. The molecule has 0 aliphatic heterocycles. The summed E-state index contributed by atoms with van der Waals surface area (Å²) in [6.45, 7) is 0. The van der Waals surface area contributed by atoms with Crippen LogP contribution in [0.5, 0.6) is 0 Å². The van der Waals surface area contributed by atoms with Crippen molar-refractivity contribution < 1.29 is 9.90 Å². The lowest BCUT2D eigenvalue weighted by atomic mass is 9.98. The first-order chi connectivity index (χ1) is 10.3. The van der Waals surface area contributed by atoms with E-state index in [1.165, 1.54) is 11.1 Å². The van der Waals surface area contributed by atoms with Crippen molar-refractivity contribution in [3.8, 4) is 22.4 Å². The highest BCUT2D eigenvalue weighted by Gasteiger charge is 2.25. The smallest absolute Gasteiger partial charge is 0.349 e. The standard InChI is InChI=1S/C16H10N2O2S/c19-16(20)15-14(17-18-21-15)12-7-3-6-11-10-5-2-1-4-9(10)8-13(11)12/h1-7H,8H2,(H,19,20). The molecule has 3 aromatic rings. The van der Waals surface area contributed by atoms with Gasteiger partial charge >= 0.3 is 5.97 Å². The molecule has 0 amide bonds. The van der Waals surface area contributed by atoms with Gasteiger partial charge in [0.05, 0.1) is 0 Å². The van der Waals surface area contributed by atoms with Crippen LogP contribution in [0.3, 0.4) is 0 Å². The lowest BCUT2D eigenvalue weighted by molar-refractivity contribution is 0.0702. The SMILES string of the molecule is O=C(O)c1snnc1-c1cccc2c1Cc1ccccc1-2. The summed E-state index contributed by atoms with van der Waals surface area (Å²) in [5, 5.41) is 13.3. The lowest BCUT2D eigenvalue weighted by Gasteiger charge is -2.06. The van der Waals surface area contributed by atoms with Crippen molar-refractivity contribution in [1.29, 1.82) is 0 Å². The van der Waals surface area contributed by atoms with Crippen molar-refractivity contribution in [2.24, 2.45) is 0 Å². The number of rotatable bonds is 2. The zero-order valence-electron chi connectivity index (χ0n) is 10.9. The minimum atomic E-state index is -0.979. The monoisotopic (exact) mass is 294 g/mol. The van der Waals surface area contributed by atoms with Crippen LogP contribution in [0.25, 0.3) is 22.4 Å². The third-order valence-corrected chi connectivity index (χ3v) is 4.50. The summed E-state index contributed by atoms with van der Waals surface area (Å²) < 4.78 is 3.81. The molecule has 1 heterocycles. The Hall–Kier alpha value is -2.53. The molecule has 0 spiro atoms. The van der Waals surface area contributed by atoms with Crippen LogP contribution in [0.15, 0.2) is 42.5 Å². The highest BCUT2D eigenvalue weighted by atomic mass is 32.1. The maximum Gasteiger partial charge on any atom is 0.349 e. The summed E-state index contributed by atoms with van der Waals surface area (Å²) in [5.74, 6) is -0.979. The summed E-state index contributed by atoms with van der Waals surface area (Å²) in [6, 6.07) is 14.2. The van der Waals surface area contributed by atoms with Crippen molar-refractivity contribution in [1.82, 2.24) is 9.59 Å². The Labute approximate surface area is 124 Å². The molecule has 5 heteroatoms. The molecule has 21 heavy (non-hydrogen) atoms. The normalized spacial score (nSPS) is 12.0. The Balaban J connectivity index is 1.94. The zero-order valence-corrected chi connectivity index (χ0v) is 11.7. The third kappa shape index (κ3) is 1.78. The quantitative estimate of drug-likeness (QED) is 0.615. The fraction of sp³-hybridized carbons (Fsp3) is 0.0625. The molecule has 0 unspecified atom stereocenters. The van der Waals surface area contributed by atoms with Gasteiger partial charge in [0.2, 0.25) is 0 Å². The van der Waals surface area contributed by atoms with Crippen molar-refractivity contribution in [2.75, 3.05) is 0 Å². The van der Waals surface area contributed by atoms with E-state index in [0.717, 1.165) is 34.6 Å². The number of carboxylic acid groups (broad SMARTS) is 1. The van der Waals surface area contributed by atoms with Gasteiger partial charge in [-0.05, 0) is 40.2 Å². The van der Waals surface area contributed by atoms with Crippen molar-refractivity contribution in [3.05, 3.63) is 58.5 Å². The van der Waals surface area contributed by atoms with Gasteiger partial charge in [-0.15, -0.1) is 5.10 Å². The number of carboxylic acids is 1. The predicted octanol–water partition coefficient (Wildman–Crippen LogP) is 3.47. The average Bonchev–Trinajstić information content (AvgIpc) is 3.11. The van der Waals surface area contributed by atoms with Gasteiger partial charge in [0.25, 0.3) is 0 Å². The molecule has 4 nitrogen and oxygen atoms in total. The third-order valence-electron chi connectivity index (χ3n) is 3.79. The molecule has 0 radical (unpaired) electrons. The van der Waals surface area contributed by atoms with Crippen LogP contribution >= 0.6 is 11.5 Å². The van der Waals surface area contributed by atoms with Gasteiger partial charge < -0.3 is 5.11 Å². The van der Waals surface area contributed by atoms with E-state index in [-0.39, 0.29) is 4.88 Å². The Kier molecular flexibility index (Phi) is 2.62. The number of benzene rings is 2. The van der Waals surface area contributed by atoms with Gasteiger partial charge in [0.1, 0.15) is 5.69 Å². The fourth-order valence-electron chi connectivity index (χ4n) is 2.89. The maximum absolute atomic E-state index is 11.3. The molecule has 1 aliphatic rings. The summed E-state index contributed by atoms with van der Waals surface area (Å²) in [7, 11) is 0. The van der Waals surface area contributed by atoms with Crippen LogP contribution < -0.4 is 0 Å². The summed E-state index contributed by atoms with van der Waals surface area (Å²) in [6.07, 6.45) is 0.804. The number of hydrogen-bond acceptors (Lipinski definition) is 4. The second kappa shape index (κ2) is 4.49. The van der Waals surface area contributed by atoms with Gasteiger partial charge in [-0.1, -0.05) is 47.0 Å². The highest BCUT2D eigenvalue weighted by molar-refractivity contribution is 7.08. The first-order valence-corrected chi connectivity index (χ1v) is 7.29. The number of hydrogen-bond donors (Lipinski definition) is 1. The second-order valence-corrected chi connectivity index (χ2v) is 5.68. The summed E-state index contributed by atoms with van der Waals surface area (Å²) >= 11 is 0.921. The summed E-state index contributed by atoms with van der Waals surface area (Å²) in [5.41, 5.74) is 6.11. The van der Waals surface area contributed by atoms with Gasteiger partial charge in [-0.3, -0.25) is 0 Å². The second-order valence-electron chi connectivity index (χ2n) is 4.92. The van der Waals surface area contributed by atoms with Gasteiger partial charge in [0, 0.05) is 5.56 Å². The van der Waals surface area contributed by atoms with E-state index >= 15 is 0 Å². The Bertz CT molecular complexity index is 870. The van der Waals surface area contributed by atoms with Crippen molar-refractivity contribution >= 4 is 17.5 Å². The molecule has 0 bridgehead atoms. The van der Waals surface area contributed by atoms with Crippen LogP contribution in [-0.2, 0) is 6.42 Å². The number of aromatic carboxylic acids is 1. The largest absolute Gasteiger partial charge is 0.477 e. The Morgan fingerprint density at radius 2 is 1.81 bits per heavy atom. The maximum atomic E-state index is 11.3. The van der Waals surface area contributed by atoms with E-state index in [0.29, 0.717) is 5.69 Å². The van der Waals surface area contributed by atoms with E-state index in [9.17, 15) is 9.90 Å². The van der Waals surface area contributed by atoms with E-state index in [1.807, 2.05) is 24.3 Å². The predicted molar refractivity (Wildman–Crippen MR) is 80.5 cm³/mol. The van der Waals surface area contributed by atoms with Crippen LogP contribution in [0, 0.1) is 0 Å². The number of nitrogens with zero attached hydrogens (tertiary/aromatic N) is 2. The zero-order chi connectivity index (χ0) is 14.4. The molecule has 0 atom stereocenters. The lowest BCUT2D eigenvalue weighted by Crippen LogP contribution is -1.97. The van der Waals surface area contributed by atoms with E-state index in [2.05, 4.69) is 27.8 Å². The van der Waals surface area contributed by atoms with Crippen LogP contribution in [0.1, 0.15) is 20.8 Å². The minimum absolute atomic E-state index is 0.194. The molecule has 1 aliphatic carbocycles. The van der Waals surface area contributed by atoms with Gasteiger partial charge in [-0.2, -0.15) is 0 Å². The molecule has 0 fully saturated rings. The molecule has 0 saturated heterocycles. The minimum Gasteiger partial charge on any atom is -0.477 e. The van der Waals surface area contributed by atoms with Crippen LogP contribution in [-0.4, -0.2) is 20.7 Å². The molecular weight excluding hydrogens is 284 g/mol. The van der Waals surface area contributed by atoms with E-state index < -0.39 is 5.97 Å². The first kappa shape index (κ1) is 12.2. The summed E-state index contributed by atoms with van der Waals surface area (Å²) in [4.78, 5) is 11.5. The molecule has 102 valence electrons. The topological polar surface area (TPSA) is 63.1 Å². The van der Waals surface area contributed by atoms with Gasteiger partial charge in [0.15, 0.2) is 4.88 Å². The molecular formula is C16H10N2O2S. The van der Waals surface area contributed by atoms with Crippen molar-refractivity contribution in [2.45, 2.75) is 6.42 Å². The molecule has 1 N–H and O–H groups in total. The van der Waals surface area contributed by atoms with Crippen LogP contribution in [0.2, 0.25) is 0 Å². The fourth-order valence-corrected chi connectivity index (χ4v) is 3.41. The highest BCUT2D eigenvalue weighted by Crippen LogP contribution is 2.41. The number of fused-ring (bicyclic) bond motifs is 3. The Morgan fingerprint density at radius 3 is 2.67 bits per heavy atom. The Morgan fingerprint density at radius 1 is 1.05 bits per heavy atom. The van der Waals surface area contributed by atoms with Gasteiger partial charge in [-0.25, -0.2) is 4.79 Å². The molecule has 1 aromatic heterocycles. The average molecular weight is 294 g/mol.